The predicted octanol–water partition coefficient (Wildman–Crippen LogP) is 4.64. The molecule has 0 fully saturated rings. The van der Waals surface area contributed by atoms with Crippen LogP contribution in [0.5, 0.6) is 11.5 Å². The van der Waals surface area contributed by atoms with Gasteiger partial charge in [-0.1, -0.05) is 40.2 Å². The Morgan fingerprint density at radius 1 is 1.06 bits per heavy atom. The zero-order valence-corrected chi connectivity index (χ0v) is 19.1. The van der Waals surface area contributed by atoms with E-state index in [1.165, 1.54) is 16.4 Å². The number of anilines is 1. The van der Waals surface area contributed by atoms with Crippen molar-refractivity contribution in [1.29, 1.82) is 0 Å². The Bertz CT molecular complexity index is 1310. The summed E-state index contributed by atoms with van der Waals surface area (Å²) in [5, 5.41) is 12.6. The van der Waals surface area contributed by atoms with Gasteiger partial charge in [0.2, 0.25) is 6.79 Å². The number of aromatic nitrogens is 5. The first-order valence-electron chi connectivity index (χ1n) is 9.59. The second-order valence-corrected chi connectivity index (χ2v) is 8.58. The fourth-order valence-electron chi connectivity index (χ4n) is 3.13. The number of carbonyl (C=O) groups excluding carboxylic acids is 1. The molecule has 3 heterocycles. The lowest BCUT2D eigenvalue weighted by Gasteiger charge is -2.09. The Morgan fingerprint density at radius 3 is 2.61 bits per heavy atom. The van der Waals surface area contributed by atoms with Crippen LogP contribution in [0.25, 0.3) is 5.69 Å². The van der Waals surface area contributed by atoms with Crippen molar-refractivity contribution < 1.29 is 14.3 Å². The molecule has 1 N–H and O–H groups in total. The molecule has 12 heteroatoms. The van der Waals surface area contributed by atoms with Crippen LogP contribution in [0.4, 0.5) is 5.69 Å². The van der Waals surface area contributed by atoms with Crippen molar-refractivity contribution in [3.05, 3.63) is 76.3 Å². The van der Waals surface area contributed by atoms with Crippen LogP contribution in [0, 0.1) is 0 Å². The summed E-state index contributed by atoms with van der Waals surface area (Å²) in [6.07, 6.45) is 3.30. The van der Waals surface area contributed by atoms with Gasteiger partial charge in [0.25, 0.3) is 5.91 Å². The number of hydrogen-bond acceptors (Lipinski definition) is 8. The summed E-state index contributed by atoms with van der Waals surface area (Å²) < 4.78 is 12.2. The zero-order valence-electron chi connectivity index (χ0n) is 16.7. The van der Waals surface area contributed by atoms with Gasteiger partial charge in [-0.05, 0) is 36.4 Å². The van der Waals surface area contributed by atoms with E-state index in [9.17, 15) is 4.79 Å². The van der Waals surface area contributed by atoms with Gasteiger partial charge >= 0.3 is 0 Å². The highest BCUT2D eigenvalue weighted by molar-refractivity contribution is 7.98. The highest BCUT2D eigenvalue weighted by atomic mass is 35.5. The first kappa shape index (κ1) is 21.5. The summed E-state index contributed by atoms with van der Waals surface area (Å²) >= 11 is 13.7. The van der Waals surface area contributed by atoms with E-state index in [0.717, 1.165) is 0 Å². The normalized spacial score (nSPS) is 12.1. The predicted molar refractivity (Wildman–Crippen MR) is 123 cm³/mol. The number of benzene rings is 2. The van der Waals surface area contributed by atoms with E-state index >= 15 is 0 Å². The number of ether oxygens (including phenoxy) is 2. The summed E-state index contributed by atoms with van der Waals surface area (Å²) in [6.45, 7) is 0.145. The van der Waals surface area contributed by atoms with Gasteiger partial charge in [0, 0.05) is 39.9 Å². The molecule has 1 aliphatic heterocycles. The molecule has 166 valence electrons. The van der Waals surface area contributed by atoms with Crippen LogP contribution >= 0.6 is 35.0 Å². The number of rotatable bonds is 6. The van der Waals surface area contributed by atoms with Crippen molar-refractivity contribution in [2.75, 3.05) is 12.1 Å². The number of nitrogens with zero attached hydrogens (tertiary/aromatic N) is 5. The van der Waals surface area contributed by atoms with Crippen LogP contribution in [0.1, 0.15) is 16.2 Å². The minimum absolute atomic E-state index is 0.145. The van der Waals surface area contributed by atoms with Crippen LogP contribution < -0.4 is 14.8 Å². The van der Waals surface area contributed by atoms with E-state index in [4.69, 9.17) is 32.7 Å². The summed E-state index contributed by atoms with van der Waals surface area (Å²) in [5.74, 6) is 1.07. The lowest BCUT2D eigenvalue weighted by molar-refractivity contribution is 0.102. The molecule has 0 radical (unpaired) electrons. The second-order valence-electron chi connectivity index (χ2n) is 6.77. The fraction of sp³-hybridized carbons (Fsp3) is 0.0952. The maximum Gasteiger partial charge on any atom is 0.278 e. The molecule has 33 heavy (non-hydrogen) atoms. The highest BCUT2D eigenvalue weighted by Crippen LogP contribution is 2.34. The molecule has 0 saturated carbocycles. The smallest absolute Gasteiger partial charge is 0.278 e. The number of halogens is 2. The van der Waals surface area contributed by atoms with Crippen molar-refractivity contribution in [2.24, 2.45) is 0 Å². The molecular formula is C21H14Cl2N6O3S. The third-order valence-corrected chi connectivity index (χ3v) is 5.90. The Labute approximate surface area is 202 Å². The standard InChI is InChI=1S/C21H14Cl2N6O3S/c22-12-6-13(23)8-15(7-12)29-16(10-33-21-24-4-1-5-25-21)19(27-28-29)20(30)26-14-2-3-17-18(9-14)32-11-31-17/h1-9H,10-11H2,(H,26,30). The van der Waals surface area contributed by atoms with Gasteiger partial charge < -0.3 is 14.8 Å². The molecule has 0 aliphatic carbocycles. The average molecular weight is 501 g/mol. The monoisotopic (exact) mass is 500 g/mol. The molecule has 1 amide bonds. The van der Waals surface area contributed by atoms with Crippen LogP contribution in [0.2, 0.25) is 10.0 Å². The van der Waals surface area contributed by atoms with Crippen LogP contribution in [-0.4, -0.2) is 37.7 Å². The van der Waals surface area contributed by atoms with Gasteiger partial charge in [-0.3, -0.25) is 4.79 Å². The van der Waals surface area contributed by atoms with Gasteiger partial charge in [-0.2, -0.15) is 0 Å². The third-order valence-electron chi connectivity index (χ3n) is 4.58. The van der Waals surface area contributed by atoms with Crippen molar-refractivity contribution in [2.45, 2.75) is 10.9 Å². The first-order chi connectivity index (χ1) is 16.1. The van der Waals surface area contributed by atoms with E-state index in [1.807, 2.05) is 0 Å². The molecule has 4 aromatic rings. The average Bonchev–Trinajstić information content (AvgIpc) is 3.44. The first-order valence-corrected chi connectivity index (χ1v) is 11.3. The molecule has 9 nitrogen and oxygen atoms in total. The molecule has 0 spiro atoms. The van der Waals surface area contributed by atoms with Gasteiger partial charge in [0.1, 0.15) is 0 Å². The summed E-state index contributed by atoms with van der Waals surface area (Å²) in [7, 11) is 0. The van der Waals surface area contributed by atoms with Gasteiger partial charge in [-0.25, -0.2) is 14.6 Å². The van der Waals surface area contributed by atoms with Crippen molar-refractivity contribution >= 4 is 46.6 Å². The number of carbonyl (C=O) groups is 1. The van der Waals surface area contributed by atoms with Gasteiger partial charge in [0.05, 0.1) is 11.4 Å². The molecule has 0 saturated heterocycles. The lowest BCUT2D eigenvalue weighted by atomic mass is 10.2. The summed E-state index contributed by atoms with van der Waals surface area (Å²) in [6, 6.07) is 11.9. The SMILES string of the molecule is O=C(Nc1ccc2c(c1)OCO2)c1nnn(-c2cc(Cl)cc(Cl)c2)c1CSc1ncccn1. The quantitative estimate of drug-likeness (QED) is 0.301. The van der Waals surface area contributed by atoms with Gasteiger partial charge in [0.15, 0.2) is 22.3 Å². The molecule has 0 bridgehead atoms. The van der Waals surface area contributed by atoms with Crippen LogP contribution in [0.15, 0.2) is 60.0 Å². The maximum absolute atomic E-state index is 13.1. The fourth-order valence-corrected chi connectivity index (χ4v) is 4.44. The zero-order chi connectivity index (χ0) is 22.8. The highest BCUT2D eigenvalue weighted by Gasteiger charge is 2.23. The molecule has 0 unspecified atom stereocenters. The topological polar surface area (TPSA) is 104 Å². The number of nitrogens with one attached hydrogen (secondary N) is 1. The van der Waals surface area contributed by atoms with Gasteiger partial charge in [-0.15, -0.1) is 5.10 Å². The second kappa shape index (κ2) is 9.26. The van der Waals surface area contributed by atoms with Crippen LogP contribution in [0.3, 0.4) is 0 Å². The molecule has 2 aromatic heterocycles. The van der Waals surface area contributed by atoms with E-state index in [0.29, 0.717) is 49.5 Å². The van der Waals surface area contributed by atoms with E-state index in [-0.39, 0.29) is 12.5 Å². The Hall–Kier alpha value is -3.34. The Kier molecular flexibility index (Phi) is 6.03. The minimum Gasteiger partial charge on any atom is -0.454 e. The number of amides is 1. The molecule has 0 atom stereocenters. The molecule has 1 aliphatic rings. The molecule has 5 rings (SSSR count). The number of fused-ring (bicyclic) bond motifs is 1. The van der Waals surface area contributed by atoms with E-state index in [2.05, 4.69) is 25.6 Å². The van der Waals surface area contributed by atoms with Crippen molar-refractivity contribution in [1.82, 2.24) is 25.0 Å². The molecule has 2 aromatic carbocycles. The van der Waals surface area contributed by atoms with Crippen molar-refractivity contribution in [3.8, 4) is 17.2 Å². The Balaban J connectivity index is 1.47. The maximum atomic E-state index is 13.1. The number of thioether (sulfide) groups is 1. The van der Waals surface area contributed by atoms with E-state index < -0.39 is 5.91 Å². The number of hydrogen-bond donors (Lipinski definition) is 1. The third kappa shape index (κ3) is 4.72. The minimum atomic E-state index is -0.433. The summed E-state index contributed by atoms with van der Waals surface area (Å²) in [4.78, 5) is 21.6. The lowest BCUT2D eigenvalue weighted by Crippen LogP contribution is -2.15. The molecular weight excluding hydrogens is 487 g/mol. The Morgan fingerprint density at radius 2 is 1.82 bits per heavy atom. The largest absolute Gasteiger partial charge is 0.454 e. The summed E-state index contributed by atoms with van der Waals surface area (Å²) in [5.41, 5.74) is 1.79. The van der Waals surface area contributed by atoms with Crippen LogP contribution in [-0.2, 0) is 5.75 Å². The van der Waals surface area contributed by atoms with Crippen molar-refractivity contribution in [3.63, 3.8) is 0 Å². The van der Waals surface area contributed by atoms with E-state index in [1.54, 1.807) is 54.9 Å².